The molecule has 0 radical (unpaired) electrons. The van der Waals surface area contributed by atoms with E-state index in [4.69, 9.17) is 11.6 Å². The third kappa shape index (κ3) is 4.31. The van der Waals surface area contributed by atoms with Gasteiger partial charge in [0.25, 0.3) is 0 Å². The normalized spacial score (nSPS) is 23.4. The second-order valence-corrected chi connectivity index (χ2v) is 7.85. The third-order valence-corrected chi connectivity index (χ3v) is 6.16. The molecular weight excluding hydrogens is 320 g/mol. The lowest BCUT2D eigenvalue weighted by Crippen LogP contribution is -2.39. The summed E-state index contributed by atoms with van der Waals surface area (Å²) >= 11 is 6.31. The molecule has 2 heterocycles. The molecule has 0 bridgehead atoms. The number of hydrogen-bond acceptors (Lipinski definition) is 2. The van der Waals surface area contributed by atoms with Crippen molar-refractivity contribution in [2.75, 3.05) is 19.6 Å². The number of carbonyl (C=O) groups excluding carboxylic acids is 1. The van der Waals surface area contributed by atoms with E-state index in [0.29, 0.717) is 30.2 Å². The van der Waals surface area contributed by atoms with Gasteiger partial charge < -0.3 is 10.2 Å². The molecule has 1 aromatic carbocycles. The number of nitrogens with zero attached hydrogens (tertiary/aromatic N) is 1. The molecule has 1 amide bonds. The molecule has 2 atom stereocenters. The average Bonchev–Trinajstić information content (AvgIpc) is 3.06. The van der Waals surface area contributed by atoms with E-state index in [1.165, 1.54) is 12.8 Å². The van der Waals surface area contributed by atoms with Crippen molar-refractivity contribution in [1.29, 1.82) is 0 Å². The molecule has 0 aliphatic carbocycles. The van der Waals surface area contributed by atoms with E-state index in [-0.39, 0.29) is 0 Å². The van der Waals surface area contributed by atoms with Gasteiger partial charge in [0.05, 0.1) is 0 Å². The fourth-order valence-corrected chi connectivity index (χ4v) is 4.48. The highest BCUT2D eigenvalue weighted by Crippen LogP contribution is 2.29. The molecule has 2 saturated heterocycles. The summed E-state index contributed by atoms with van der Waals surface area (Å²) in [5, 5.41) is 4.23. The van der Waals surface area contributed by atoms with Crippen LogP contribution in [0.25, 0.3) is 0 Å². The molecule has 4 heteroatoms. The van der Waals surface area contributed by atoms with Crippen LogP contribution in [0.3, 0.4) is 0 Å². The van der Waals surface area contributed by atoms with Crippen LogP contribution in [0.15, 0.2) is 24.3 Å². The second kappa shape index (κ2) is 8.35. The van der Waals surface area contributed by atoms with Gasteiger partial charge in [-0.3, -0.25) is 4.79 Å². The number of carbonyl (C=O) groups is 1. The monoisotopic (exact) mass is 348 g/mol. The number of benzene rings is 1. The molecule has 0 saturated carbocycles. The molecule has 1 aromatic rings. The first-order valence-electron chi connectivity index (χ1n) is 9.38. The Balaban J connectivity index is 1.58. The highest BCUT2D eigenvalue weighted by Gasteiger charge is 2.31. The van der Waals surface area contributed by atoms with Gasteiger partial charge in [-0.05, 0) is 68.7 Å². The van der Waals surface area contributed by atoms with Crippen LogP contribution < -0.4 is 5.32 Å². The van der Waals surface area contributed by atoms with E-state index in [0.717, 1.165) is 49.5 Å². The molecule has 24 heavy (non-hydrogen) atoms. The van der Waals surface area contributed by atoms with Crippen molar-refractivity contribution in [3.63, 3.8) is 0 Å². The summed E-state index contributed by atoms with van der Waals surface area (Å²) < 4.78 is 0. The summed E-state index contributed by atoms with van der Waals surface area (Å²) in [5.74, 6) is 1.52. The molecule has 3 rings (SSSR count). The molecule has 2 aliphatic rings. The Morgan fingerprint density at radius 1 is 1.29 bits per heavy atom. The Bertz CT molecular complexity index is 556. The van der Waals surface area contributed by atoms with Crippen molar-refractivity contribution < 1.29 is 4.79 Å². The summed E-state index contributed by atoms with van der Waals surface area (Å²) in [4.78, 5) is 15.0. The zero-order valence-corrected chi connectivity index (χ0v) is 15.4. The minimum absolute atomic E-state index is 0.317. The van der Waals surface area contributed by atoms with Crippen LogP contribution in [0.1, 0.15) is 44.6 Å². The Labute approximate surface area is 150 Å². The zero-order chi connectivity index (χ0) is 16.9. The summed E-state index contributed by atoms with van der Waals surface area (Å²) in [6, 6.07) is 8.33. The largest absolute Gasteiger partial charge is 0.339 e. The number of piperidine rings is 1. The van der Waals surface area contributed by atoms with E-state index in [1.54, 1.807) is 0 Å². The number of nitrogens with one attached hydrogen (secondary N) is 1. The van der Waals surface area contributed by atoms with Crippen LogP contribution in [0.2, 0.25) is 5.02 Å². The lowest BCUT2D eigenvalue weighted by Gasteiger charge is -2.31. The maximum absolute atomic E-state index is 12.9. The van der Waals surface area contributed by atoms with Gasteiger partial charge in [-0.1, -0.05) is 36.7 Å². The molecule has 3 nitrogen and oxygen atoms in total. The van der Waals surface area contributed by atoms with Crippen LogP contribution in [0.4, 0.5) is 0 Å². The summed E-state index contributed by atoms with van der Waals surface area (Å²) in [6.07, 6.45) is 6.20. The predicted molar refractivity (Wildman–Crippen MR) is 99.3 cm³/mol. The fraction of sp³-hybridized carbons (Fsp3) is 0.650. The van der Waals surface area contributed by atoms with Crippen molar-refractivity contribution in [2.24, 2.45) is 11.8 Å². The number of amides is 1. The minimum atomic E-state index is 0.317. The summed E-state index contributed by atoms with van der Waals surface area (Å²) in [5.41, 5.74) is 1.16. The maximum Gasteiger partial charge on any atom is 0.223 e. The van der Waals surface area contributed by atoms with Crippen molar-refractivity contribution in [1.82, 2.24) is 10.2 Å². The predicted octanol–water partition coefficient (Wildman–Crippen LogP) is 3.90. The molecule has 2 fully saturated rings. The molecule has 0 aromatic heterocycles. The van der Waals surface area contributed by atoms with Gasteiger partial charge in [-0.25, -0.2) is 0 Å². The Morgan fingerprint density at radius 2 is 2.04 bits per heavy atom. The molecule has 2 aliphatic heterocycles. The Morgan fingerprint density at radius 3 is 2.79 bits per heavy atom. The van der Waals surface area contributed by atoms with Crippen LogP contribution in [0.5, 0.6) is 0 Å². The van der Waals surface area contributed by atoms with Crippen molar-refractivity contribution in [2.45, 2.75) is 51.5 Å². The first kappa shape index (κ1) is 17.8. The summed E-state index contributed by atoms with van der Waals surface area (Å²) in [7, 11) is 0. The van der Waals surface area contributed by atoms with Gasteiger partial charge in [0.2, 0.25) is 5.91 Å². The highest BCUT2D eigenvalue weighted by atomic mass is 35.5. The lowest BCUT2D eigenvalue weighted by molar-refractivity contribution is -0.133. The SMILES string of the molecule is CC(CC(=O)N1CCCC1Cc1ccccc1Cl)C1CCNCC1. The smallest absolute Gasteiger partial charge is 0.223 e. The van der Waals surface area contributed by atoms with Gasteiger partial charge in [-0.2, -0.15) is 0 Å². The molecule has 0 spiro atoms. The van der Waals surface area contributed by atoms with E-state index < -0.39 is 0 Å². The second-order valence-electron chi connectivity index (χ2n) is 7.45. The number of hydrogen-bond donors (Lipinski definition) is 1. The fourth-order valence-electron chi connectivity index (χ4n) is 4.27. The molecule has 132 valence electrons. The Hall–Kier alpha value is -1.06. The number of likely N-dealkylation sites (tertiary alicyclic amines) is 1. The minimum Gasteiger partial charge on any atom is -0.339 e. The van der Waals surface area contributed by atoms with Crippen molar-refractivity contribution >= 4 is 17.5 Å². The molecule has 1 N–H and O–H groups in total. The van der Waals surface area contributed by atoms with E-state index >= 15 is 0 Å². The molecular formula is C20H29ClN2O. The van der Waals surface area contributed by atoms with Crippen LogP contribution >= 0.6 is 11.6 Å². The van der Waals surface area contributed by atoms with E-state index in [9.17, 15) is 4.79 Å². The highest BCUT2D eigenvalue weighted by molar-refractivity contribution is 6.31. The molecule has 2 unspecified atom stereocenters. The average molecular weight is 349 g/mol. The van der Waals surface area contributed by atoms with Crippen LogP contribution in [-0.2, 0) is 11.2 Å². The third-order valence-electron chi connectivity index (χ3n) is 5.80. The summed E-state index contributed by atoms with van der Waals surface area (Å²) in [6.45, 7) is 5.37. The van der Waals surface area contributed by atoms with Gasteiger partial charge >= 0.3 is 0 Å². The quantitative estimate of drug-likeness (QED) is 0.875. The standard InChI is InChI=1S/C20H29ClN2O/c1-15(16-8-10-22-11-9-16)13-20(24)23-12-4-6-18(23)14-17-5-2-3-7-19(17)21/h2-3,5,7,15-16,18,22H,4,6,8-14H2,1H3. The topological polar surface area (TPSA) is 32.3 Å². The first-order chi connectivity index (χ1) is 11.6. The van der Waals surface area contributed by atoms with Crippen molar-refractivity contribution in [3.05, 3.63) is 34.9 Å². The van der Waals surface area contributed by atoms with E-state index in [2.05, 4.69) is 23.2 Å². The van der Waals surface area contributed by atoms with Crippen LogP contribution in [0, 0.1) is 11.8 Å². The lowest BCUT2D eigenvalue weighted by atomic mass is 9.84. The van der Waals surface area contributed by atoms with Gasteiger partial charge in [0.1, 0.15) is 0 Å². The van der Waals surface area contributed by atoms with Crippen molar-refractivity contribution in [3.8, 4) is 0 Å². The van der Waals surface area contributed by atoms with Crippen LogP contribution in [-0.4, -0.2) is 36.5 Å². The Kier molecular flexibility index (Phi) is 6.18. The maximum atomic E-state index is 12.9. The zero-order valence-electron chi connectivity index (χ0n) is 14.6. The number of halogens is 1. The van der Waals surface area contributed by atoms with Gasteiger partial charge in [-0.15, -0.1) is 0 Å². The van der Waals surface area contributed by atoms with Gasteiger partial charge in [0, 0.05) is 24.0 Å². The number of rotatable bonds is 5. The first-order valence-corrected chi connectivity index (χ1v) is 9.76. The van der Waals surface area contributed by atoms with Gasteiger partial charge in [0.15, 0.2) is 0 Å². The van der Waals surface area contributed by atoms with E-state index in [1.807, 2.05) is 18.2 Å².